The molecular formula is C20H26N4O3. The lowest BCUT2D eigenvalue weighted by atomic mass is 10.1. The number of aromatic carboxylic acids is 1. The van der Waals surface area contributed by atoms with Crippen LogP contribution in [0.2, 0.25) is 0 Å². The Morgan fingerprint density at radius 1 is 1.22 bits per heavy atom. The summed E-state index contributed by atoms with van der Waals surface area (Å²) in [7, 11) is 1.81. The third-order valence-corrected chi connectivity index (χ3v) is 5.80. The number of para-hydroxylation sites is 1. The number of aromatic nitrogens is 1. The fraction of sp³-hybridized carbons (Fsp3) is 0.500. The van der Waals surface area contributed by atoms with Crippen molar-refractivity contribution in [3.05, 3.63) is 35.5 Å². The topological polar surface area (TPSA) is 77.8 Å². The van der Waals surface area contributed by atoms with Gasteiger partial charge in [0.1, 0.15) is 5.69 Å². The molecule has 0 spiro atoms. The van der Waals surface area contributed by atoms with Crippen LogP contribution in [-0.4, -0.2) is 70.1 Å². The van der Waals surface area contributed by atoms with E-state index in [2.05, 4.69) is 16.3 Å². The highest BCUT2D eigenvalue weighted by Gasteiger charge is 2.29. The first-order chi connectivity index (χ1) is 13.0. The van der Waals surface area contributed by atoms with Gasteiger partial charge in [0.2, 0.25) is 5.91 Å². The molecule has 27 heavy (non-hydrogen) atoms. The van der Waals surface area contributed by atoms with E-state index in [1.54, 1.807) is 17.7 Å². The molecule has 0 unspecified atom stereocenters. The Balaban J connectivity index is 1.45. The molecule has 1 atom stereocenters. The number of fused-ring (bicyclic) bond motifs is 1. The maximum absolute atomic E-state index is 12.5. The molecule has 2 aliphatic rings. The Morgan fingerprint density at radius 3 is 2.67 bits per heavy atom. The summed E-state index contributed by atoms with van der Waals surface area (Å²) >= 11 is 0. The van der Waals surface area contributed by atoms with Crippen LogP contribution in [0.3, 0.4) is 0 Å². The Bertz CT molecular complexity index is 861. The van der Waals surface area contributed by atoms with E-state index in [1.807, 2.05) is 17.0 Å². The zero-order valence-corrected chi connectivity index (χ0v) is 15.6. The summed E-state index contributed by atoms with van der Waals surface area (Å²) in [6.45, 7) is 4.88. The number of carbonyl (C=O) groups is 2. The molecule has 7 nitrogen and oxygen atoms in total. The second kappa shape index (κ2) is 7.32. The third kappa shape index (κ3) is 3.44. The maximum atomic E-state index is 12.5. The highest BCUT2D eigenvalue weighted by molar-refractivity contribution is 5.95. The summed E-state index contributed by atoms with van der Waals surface area (Å²) in [4.78, 5) is 28.3. The van der Waals surface area contributed by atoms with Gasteiger partial charge in [0, 0.05) is 45.2 Å². The van der Waals surface area contributed by atoms with E-state index in [-0.39, 0.29) is 11.9 Å². The monoisotopic (exact) mass is 370 g/mol. The summed E-state index contributed by atoms with van der Waals surface area (Å²) < 4.78 is 1.76. The molecule has 0 bridgehead atoms. The van der Waals surface area contributed by atoms with Crippen LogP contribution in [0.4, 0.5) is 0 Å². The van der Waals surface area contributed by atoms with Crippen molar-refractivity contribution in [3.63, 3.8) is 0 Å². The number of nitrogens with zero attached hydrogens (tertiary/aromatic N) is 3. The number of carboxylic acids is 1. The Labute approximate surface area is 158 Å². The van der Waals surface area contributed by atoms with E-state index in [4.69, 9.17) is 0 Å². The summed E-state index contributed by atoms with van der Waals surface area (Å²) in [5, 5.41) is 13.6. The van der Waals surface area contributed by atoms with Crippen molar-refractivity contribution in [1.82, 2.24) is 19.7 Å². The zero-order chi connectivity index (χ0) is 19.0. The van der Waals surface area contributed by atoms with E-state index >= 15 is 0 Å². The minimum atomic E-state index is -0.910. The summed E-state index contributed by atoms with van der Waals surface area (Å²) in [6, 6.07) is 7.73. The van der Waals surface area contributed by atoms with Crippen molar-refractivity contribution < 1.29 is 14.7 Å². The number of nitrogens with one attached hydrogen (secondary N) is 1. The normalized spacial score (nSPS) is 21.1. The van der Waals surface area contributed by atoms with Gasteiger partial charge in [-0.2, -0.15) is 0 Å². The molecule has 144 valence electrons. The molecule has 2 saturated heterocycles. The molecule has 4 rings (SSSR count). The predicted molar refractivity (Wildman–Crippen MR) is 103 cm³/mol. The molecule has 2 aromatic rings. The lowest BCUT2D eigenvalue weighted by Gasteiger charge is -2.36. The Kier molecular flexibility index (Phi) is 4.88. The van der Waals surface area contributed by atoms with Crippen molar-refractivity contribution in [3.8, 4) is 0 Å². The molecule has 1 aromatic heterocycles. The number of hydrogen-bond donors (Lipinski definition) is 2. The summed E-state index contributed by atoms with van der Waals surface area (Å²) in [5.41, 5.74) is 2.40. The second-order valence-electron chi connectivity index (χ2n) is 7.50. The Hall–Kier alpha value is -2.38. The average molecular weight is 370 g/mol. The largest absolute Gasteiger partial charge is 0.477 e. The maximum Gasteiger partial charge on any atom is 0.352 e. The van der Waals surface area contributed by atoms with Gasteiger partial charge in [-0.25, -0.2) is 4.79 Å². The molecule has 1 amide bonds. The van der Waals surface area contributed by atoms with Crippen molar-refractivity contribution in [2.75, 3.05) is 32.7 Å². The van der Waals surface area contributed by atoms with E-state index in [0.29, 0.717) is 5.69 Å². The first-order valence-electron chi connectivity index (χ1n) is 9.60. The number of aryl methyl sites for hydroxylation is 1. The number of carbonyl (C=O) groups excluding carboxylic acids is 1. The van der Waals surface area contributed by atoms with Crippen LogP contribution in [-0.2, 0) is 18.4 Å². The molecule has 0 radical (unpaired) electrons. The van der Waals surface area contributed by atoms with Crippen LogP contribution in [0.25, 0.3) is 10.9 Å². The Morgan fingerprint density at radius 2 is 2.00 bits per heavy atom. The fourth-order valence-corrected chi connectivity index (χ4v) is 4.32. The van der Waals surface area contributed by atoms with E-state index in [0.717, 1.165) is 68.6 Å². The van der Waals surface area contributed by atoms with Gasteiger partial charge in [-0.1, -0.05) is 18.2 Å². The smallest absolute Gasteiger partial charge is 0.352 e. The first-order valence-corrected chi connectivity index (χ1v) is 9.60. The van der Waals surface area contributed by atoms with Gasteiger partial charge in [0.25, 0.3) is 0 Å². The number of benzene rings is 1. The first kappa shape index (κ1) is 18.0. The molecule has 0 aliphatic carbocycles. The van der Waals surface area contributed by atoms with Gasteiger partial charge in [0.05, 0.1) is 11.6 Å². The van der Waals surface area contributed by atoms with E-state index < -0.39 is 5.97 Å². The third-order valence-electron chi connectivity index (χ3n) is 5.80. The van der Waals surface area contributed by atoms with Crippen molar-refractivity contribution in [1.29, 1.82) is 0 Å². The minimum absolute atomic E-state index is 0.00288. The van der Waals surface area contributed by atoms with Gasteiger partial charge in [-0.05, 0) is 31.0 Å². The lowest BCUT2D eigenvalue weighted by molar-refractivity contribution is -0.134. The fourth-order valence-electron chi connectivity index (χ4n) is 4.32. The predicted octanol–water partition coefficient (Wildman–Crippen LogP) is 1.27. The number of rotatable bonds is 4. The quantitative estimate of drug-likeness (QED) is 0.848. The van der Waals surface area contributed by atoms with Gasteiger partial charge in [-0.15, -0.1) is 0 Å². The minimum Gasteiger partial charge on any atom is -0.477 e. The molecule has 2 N–H and O–H groups in total. The van der Waals surface area contributed by atoms with Crippen LogP contribution >= 0.6 is 0 Å². The van der Waals surface area contributed by atoms with Gasteiger partial charge in [0.15, 0.2) is 0 Å². The van der Waals surface area contributed by atoms with Crippen LogP contribution in [0, 0.1) is 0 Å². The molecular weight excluding hydrogens is 344 g/mol. The van der Waals surface area contributed by atoms with Crippen molar-refractivity contribution >= 4 is 22.8 Å². The summed E-state index contributed by atoms with van der Waals surface area (Å²) in [5.74, 6) is -0.671. The highest BCUT2D eigenvalue weighted by Crippen LogP contribution is 2.24. The molecule has 7 heteroatoms. The van der Waals surface area contributed by atoms with E-state index in [1.165, 1.54) is 0 Å². The highest BCUT2D eigenvalue weighted by atomic mass is 16.4. The van der Waals surface area contributed by atoms with Crippen LogP contribution in [0.5, 0.6) is 0 Å². The van der Waals surface area contributed by atoms with Crippen LogP contribution < -0.4 is 5.32 Å². The molecule has 0 saturated carbocycles. The lowest BCUT2D eigenvalue weighted by Crippen LogP contribution is -2.52. The molecule has 3 heterocycles. The van der Waals surface area contributed by atoms with E-state index in [9.17, 15) is 14.7 Å². The zero-order valence-electron chi connectivity index (χ0n) is 15.6. The number of amides is 1. The molecule has 2 fully saturated rings. The van der Waals surface area contributed by atoms with Crippen LogP contribution in [0.1, 0.15) is 28.9 Å². The summed E-state index contributed by atoms with van der Waals surface area (Å²) in [6.07, 6.45) is 2.02. The van der Waals surface area contributed by atoms with Crippen molar-refractivity contribution in [2.24, 2.45) is 7.05 Å². The average Bonchev–Trinajstić information content (AvgIpc) is 3.31. The standard InChI is InChI=1S/C20H26N4O3/c1-22-17(20(26)27)12-14-4-2-5-15(18(14)22)13-23-8-10-24(11-9-23)19(25)16-6-3-7-21-16/h2,4-5,12,16,21H,3,6-11,13H2,1H3,(H,26,27)/t16-/m0/s1. The number of piperazine rings is 1. The SMILES string of the molecule is Cn1c(C(=O)O)cc2cccc(CN3CCN(C(=O)[C@@H]4CCCN4)CC3)c21. The van der Waals surface area contributed by atoms with Gasteiger partial charge in [-0.3, -0.25) is 9.69 Å². The van der Waals surface area contributed by atoms with Gasteiger partial charge >= 0.3 is 5.97 Å². The number of hydrogen-bond acceptors (Lipinski definition) is 4. The molecule has 2 aliphatic heterocycles. The van der Waals surface area contributed by atoms with Crippen molar-refractivity contribution in [2.45, 2.75) is 25.4 Å². The molecule has 1 aromatic carbocycles. The van der Waals surface area contributed by atoms with Crippen LogP contribution in [0.15, 0.2) is 24.3 Å². The van der Waals surface area contributed by atoms with Gasteiger partial charge < -0.3 is 19.9 Å². The second-order valence-corrected chi connectivity index (χ2v) is 7.50. The number of carboxylic acid groups (broad SMARTS) is 1.